The third-order valence-electron chi connectivity index (χ3n) is 7.55. The highest BCUT2D eigenvalue weighted by Crippen LogP contribution is 2.34. The van der Waals surface area contributed by atoms with Crippen molar-refractivity contribution in [1.29, 1.82) is 0 Å². The van der Waals surface area contributed by atoms with Gasteiger partial charge in [0.25, 0.3) is 0 Å². The van der Waals surface area contributed by atoms with E-state index >= 15 is 0 Å². The van der Waals surface area contributed by atoms with Crippen molar-refractivity contribution < 1.29 is 19.7 Å². The van der Waals surface area contributed by atoms with E-state index in [0.29, 0.717) is 19.4 Å². The zero-order valence-corrected chi connectivity index (χ0v) is 19.1. The Labute approximate surface area is 190 Å². The minimum Gasteiger partial charge on any atom is -0.497 e. The van der Waals surface area contributed by atoms with Gasteiger partial charge in [0.05, 0.1) is 24.6 Å². The van der Waals surface area contributed by atoms with Crippen molar-refractivity contribution >= 4 is 16.9 Å². The molecule has 32 heavy (non-hydrogen) atoms. The molecular formula is C26H36N2O4. The summed E-state index contributed by atoms with van der Waals surface area (Å²) in [5.74, 6) is 0.516. The van der Waals surface area contributed by atoms with Gasteiger partial charge in [-0.1, -0.05) is 19.3 Å². The maximum Gasteiger partial charge on any atom is 0.308 e. The summed E-state index contributed by atoms with van der Waals surface area (Å²) in [4.78, 5) is 18.8. The van der Waals surface area contributed by atoms with Crippen LogP contribution < -0.4 is 4.74 Å². The fourth-order valence-corrected chi connectivity index (χ4v) is 5.69. The highest BCUT2D eigenvalue weighted by molar-refractivity contribution is 5.83. The zero-order chi connectivity index (χ0) is 22.5. The smallest absolute Gasteiger partial charge is 0.308 e. The molecule has 1 aromatic carbocycles. The maximum atomic E-state index is 12.1. The number of pyridine rings is 1. The van der Waals surface area contributed by atoms with Gasteiger partial charge in [0.15, 0.2) is 0 Å². The molecule has 0 radical (unpaired) electrons. The minimum atomic E-state index is -0.697. The number of rotatable bonds is 8. The first-order valence-electron chi connectivity index (χ1n) is 12.1. The average Bonchev–Trinajstić information content (AvgIpc) is 2.82. The molecule has 4 rings (SSSR count). The quantitative estimate of drug-likeness (QED) is 0.621. The van der Waals surface area contributed by atoms with E-state index < -0.39 is 12.1 Å². The van der Waals surface area contributed by atoms with E-state index in [1.807, 2.05) is 24.3 Å². The number of likely N-dealkylation sites (tertiary alicyclic amines) is 1. The summed E-state index contributed by atoms with van der Waals surface area (Å²) < 4.78 is 5.34. The molecule has 2 fully saturated rings. The molecule has 6 nitrogen and oxygen atoms in total. The fourth-order valence-electron chi connectivity index (χ4n) is 5.69. The summed E-state index contributed by atoms with van der Waals surface area (Å²) in [7, 11) is 1.63. The van der Waals surface area contributed by atoms with Crippen LogP contribution in [0.25, 0.3) is 10.9 Å². The maximum absolute atomic E-state index is 12.1. The molecule has 1 aromatic heterocycles. The highest BCUT2D eigenvalue weighted by Gasteiger charge is 2.35. The number of aromatic nitrogens is 1. The van der Waals surface area contributed by atoms with E-state index in [2.05, 4.69) is 9.88 Å². The van der Waals surface area contributed by atoms with E-state index in [1.165, 1.54) is 32.1 Å². The Kier molecular flexibility index (Phi) is 7.63. The third-order valence-corrected chi connectivity index (χ3v) is 7.55. The molecule has 2 aromatic rings. The average molecular weight is 441 g/mol. The van der Waals surface area contributed by atoms with Gasteiger partial charge in [0, 0.05) is 24.7 Å². The summed E-state index contributed by atoms with van der Waals surface area (Å²) in [6, 6.07) is 7.52. The number of methoxy groups -OCH3 is 1. The number of hydrogen-bond donors (Lipinski definition) is 2. The van der Waals surface area contributed by atoms with Gasteiger partial charge in [-0.05, 0) is 80.3 Å². The van der Waals surface area contributed by atoms with Gasteiger partial charge in [-0.2, -0.15) is 0 Å². The molecule has 0 bridgehead atoms. The molecule has 1 saturated heterocycles. The van der Waals surface area contributed by atoms with Crippen LogP contribution in [0.3, 0.4) is 0 Å². The van der Waals surface area contributed by atoms with Crippen molar-refractivity contribution in [3.63, 3.8) is 0 Å². The van der Waals surface area contributed by atoms with Crippen molar-refractivity contribution in [3.8, 4) is 5.75 Å². The Morgan fingerprint density at radius 3 is 2.78 bits per heavy atom. The number of aliphatic hydroxyl groups excluding tert-OH is 1. The van der Waals surface area contributed by atoms with E-state index in [1.54, 1.807) is 13.3 Å². The van der Waals surface area contributed by atoms with Crippen LogP contribution in [0.15, 0.2) is 30.5 Å². The van der Waals surface area contributed by atoms with Crippen molar-refractivity contribution in [2.75, 3.05) is 26.7 Å². The predicted octanol–water partition coefficient (Wildman–Crippen LogP) is 4.66. The van der Waals surface area contributed by atoms with Crippen molar-refractivity contribution in [3.05, 3.63) is 36.0 Å². The van der Waals surface area contributed by atoms with Gasteiger partial charge in [0.2, 0.25) is 0 Å². The van der Waals surface area contributed by atoms with E-state index in [4.69, 9.17) is 4.74 Å². The number of aliphatic hydroxyl groups is 1. The van der Waals surface area contributed by atoms with Crippen LogP contribution in [0.1, 0.15) is 63.0 Å². The first-order valence-corrected chi connectivity index (χ1v) is 12.1. The standard InChI is InChI=1S/C26H36N2O4/c1-32-20-8-9-24-22(15-20)21(11-13-27-24)25(29)10-7-19-12-14-28(17-23(19)26(30)31)16-18-5-3-2-4-6-18/h8-9,11,13,15,18-19,23,25,29H,2-7,10,12,14,16-17H2,1H3,(H,30,31)/t19-,23+,25+/m1/s1. The molecule has 0 amide bonds. The molecule has 0 spiro atoms. The highest BCUT2D eigenvalue weighted by atomic mass is 16.5. The van der Waals surface area contributed by atoms with E-state index in [-0.39, 0.29) is 11.8 Å². The van der Waals surface area contributed by atoms with Crippen LogP contribution in [-0.2, 0) is 4.79 Å². The molecule has 174 valence electrons. The van der Waals surface area contributed by atoms with Gasteiger partial charge in [-0.3, -0.25) is 9.78 Å². The predicted molar refractivity (Wildman–Crippen MR) is 125 cm³/mol. The summed E-state index contributed by atoms with van der Waals surface area (Å²) in [6.07, 6.45) is 9.77. The number of ether oxygens (including phenoxy) is 1. The number of hydrogen-bond acceptors (Lipinski definition) is 5. The Morgan fingerprint density at radius 1 is 1.22 bits per heavy atom. The van der Waals surface area contributed by atoms with Crippen molar-refractivity contribution in [1.82, 2.24) is 9.88 Å². The molecule has 2 aliphatic rings. The second-order valence-electron chi connectivity index (χ2n) is 9.63. The summed E-state index contributed by atoms with van der Waals surface area (Å²) in [6.45, 7) is 2.66. The molecular weight excluding hydrogens is 404 g/mol. The first-order chi connectivity index (χ1) is 15.5. The number of carbonyl (C=O) groups is 1. The van der Waals surface area contributed by atoms with Gasteiger partial charge < -0.3 is 19.8 Å². The second-order valence-corrected chi connectivity index (χ2v) is 9.63. The van der Waals surface area contributed by atoms with E-state index in [0.717, 1.165) is 47.6 Å². The third kappa shape index (κ3) is 5.41. The van der Waals surface area contributed by atoms with Gasteiger partial charge in [0.1, 0.15) is 5.75 Å². The lowest BCUT2D eigenvalue weighted by Crippen LogP contribution is -2.45. The minimum absolute atomic E-state index is 0.104. The summed E-state index contributed by atoms with van der Waals surface area (Å²) in [5, 5.41) is 21.8. The lowest BCUT2D eigenvalue weighted by molar-refractivity contribution is -0.146. The number of carboxylic acid groups (broad SMARTS) is 1. The van der Waals surface area contributed by atoms with E-state index in [9.17, 15) is 15.0 Å². The van der Waals surface area contributed by atoms with Crippen LogP contribution in [0.5, 0.6) is 5.75 Å². The number of aliphatic carboxylic acids is 1. The Hall–Kier alpha value is -2.18. The lowest BCUT2D eigenvalue weighted by Gasteiger charge is -2.39. The second kappa shape index (κ2) is 10.6. The van der Waals surface area contributed by atoms with Gasteiger partial charge >= 0.3 is 5.97 Å². The molecule has 2 heterocycles. The number of benzene rings is 1. The zero-order valence-electron chi connectivity index (χ0n) is 19.1. The summed E-state index contributed by atoms with van der Waals surface area (Å²) >= 11 is 0. The number of fused-ring (bicyclic) bond motifs is 1. The molecule has 1 aliphatic heterocycles. The van der Waals surface area contributed by atoms with Crippen LogP contribution in [0.4, 0.5) is 0 Å². The van der Waals surface area contributed by atoms with Crippen LogP contribution in [0.2, 0.25) is 0 Å². The number of nitrogens with zero attached hydrogens (tertiary/aromatic N) is 2. The van der Waals surface area contributed by atoms with Gasteiger partial charge in [-0.15, -0.1) is 0 Å². The normalized spacial score (nSPS) is 23.8. The Bertz CT molecular complexity index is 912. The number of carboxylic acids is 1. The largest absolute Gasteiger partial charge is 0.497 e. The Morgan fingerprint density at radius 2 is 2.03 bits per heavy atom. The first kappa shape index (κ1) is 23.0. The fraction of sp³-hybridized carbons (Fsp3) is 0.615. The van der Waals surface area contributed by atoms with Gasteiger partial charge in [-0.25, -0.2) is 0 Å². The lowest BCUT2D eigenvalue weighted by atomic mass is 9.80. The molecule has 2 N–H and O–H groups in total. The monoisotopic (exact) mass is 440 g/mol. The number of piperidine rings is 1. The molecule has 0 unspecified atom stereocenters. The summed E-state index contributed by atoms with van der Waals surface area (Å²) in [5.41, 5.74) is 1.65. The molecule has 1 aliphatic carbocycles. The Balaban J connectivity index is 1.38. The van der Waals surface area contributed by atoms with Crippen LogP contribution in [-0.4, -0.2) is 52.8 Å². The van der Waals surface area contributed by atoms with Crippen LogP contribution >= 0.6 is 0 Å². The molecule has 1 saturated carbocycles. The van der Waals surface area contributed by atoms with Crippen LogP contribution in [0, 0.1) is 17.8 Å². The topological polar surface area (TPSA) is 82.9 Å². The molecule has 6 heteroatoms. The molecule has 3 atom stereocenters. The van der Waals surface area contributed by atoms with Crippen molar-refractivity contribution in [2.45, 2.75) is 57.5 Å². The SMILES string of the molecule is COc1ccc2nccc([C@@H](O)CC[C@@H]3CCN(CC4CCCCC4)C[C@@H]3C(=O)O)c2c1. The van der Waals surface area contributed by atoms with Crippen molar-refractivity contribution in [2.24, 2.45) is 17.8 Å².